The predicted octanol–water partition coefficient (Wildman–Crippen LogP) is 0.964. The van der Waals surface area contributed by atoms with Crippen molar-refractivity contribution >= 4 is 17.6 Å². The number of carboxylic acids is 1. The lowest BCUT2D eigenvalue weighted by Crippen LogP contribution is -2.31. The van der Waals surface area contributed by atoms with E-state index in [2.05, 4.69) is 15.6 Å². The lowest BCUT2D eigenvalue weighted by molar-refractivity contribution is -0.146. The maximum Gasteiger partial charge on any atom is 0.310 e. The summed E-state index contributed by atoms with van der Waals surface area (Å²) in [6.45, 7) is 3.52. The molecule has 6 heteroatoms. The molecule has 1 aromatic rings. The van der Waals surface area contributed by atoms with Crippen molar-refractivity contribution in [3.05, 3.63) is 24.0 Å². The Labute approximate surface area is 105 Å². The van der Waals surface area contributed by atoms with Crippen LogP contribution in [0.3, 0.4) is 0 Å². The summed E-state index contributed by atoms with van der Waals surface area (Å²) in [7, 11) is 1.53. The van der Waals surface area contributed by atoms with Gasteiger partial charge in [0.2, 0.25) is 0 Å². The number of amides is 1. The fourth-order valence-electron chi connectivity index (χ4n) is 1.19. The van der Waals surface area contributed by atoms with Crippen LogP contribution in [0.25, 0.3) is 0 Å². The van der Waals surface area contributed by atoms with Crippen LogP contribution < -0.4 is 10.6 Å². The van der Waals surface area contributed by atoms with E-state index >= 15 is 0 Å². The van der Waals surface area contributed by atoms with E-state index in [4.69, 9.17) is 5.11 Å². The highest BCUT2D eigenvalue weighted by Crippen LogP contribution is 2.17. The summed E-state index contributed by atoms with van der Waals surface area (Å²) >= 11 is 0. The van der Waals surface area contributed by atoms with Crippen LogP contribution in [0.4, 0.5) is 5.69 Å². The highest BCUT2D eigenvalue weighted by atomic mass is 16.4. The Morgan fingerprint density at radius 3 is 2.67 bits per heavy atom. The minimum Gasteiger partial charge on any atom is -0.481 e. The van der Waals surface area contributed by atoms with E-state index in [-0.39, 0.29) is 18.1 Å². The third-order valence-electron chi connectivity index (χ3n) is 2.53. The number of aliphatic carboxylic acids is 1. The summed E-state index contributed by atoms with van der Waals surface area (Å²) in [5, 5.41) is 14.4. The minimum absolute atomic E-state index is 0.263. The lowest BCUT2D eigenvalue weighted by Gasteiger charge is -2.20. The third-order valence-corrected chi connectivity index (χ3v) is 2.53. The predicted molar refractivity (Wildman–Crippen MR) is 67.5 cm³/mol. The van der Waals surface area contributed by atoms with Crippen molar-refractivity contribution in [1.29, 1.82) is 0 Å². The molecule has 0 radical (unpaired) electrons. The normalized spacial score (nSPS) is 10.8. The Morgan fingerprint density at radius 1 is 1.44 bits per heavy atom. The van der Waals surface area contributed by atoms with Crippen molar-refractivity contribution in [1.82, 2.24) is 10.3 Å². The van der Waals surface area contributed by atoms with Crippen LogP contribution in [0.1, 0.15) is 24.3 Å². The standard InChI is InChI=1S/C12H17N3O3/c1-12(2,11(17)18)7-15-8-4-5-14-9(6-8)10(16)13-3/h4-6H,7H2,1-3H3,(H,13,16)(H,14,15)(H,17,18). The van der Waals surface area contributed by atoms with Crippen LogP contribution >= 0.6 is 0 Å². The molecule has 0 aliphatic rings. The summed E-state index contributed by atoms with van der Waals surface area (Å²) in [5.41, 5.74) is 0.0738. The molecule has 1 rings (SSSR count). The molecular formula is C12H17N3O3. The molecule has 18 heavy (non-hydrogen) atoms. The van der Waals surface area contributed by atoms with Gasteiger partial charge in [-0.3, -0.25) is 14.6 Å². The number of nitrogens with one attached hydrogen (secondary N) is 2. The Bertz CT molecular complexity index is 458. The molecule has 0 saturated heterocycles. The highest BCUT2D eigenvalue weighted by molar-refractivity contribution is 5.92. The van der Waals surface area contributed by atoms with Crippen LogP contribution in [0.5, 0.6) is 0 Å². The molecule has 0 atom stereocenters. The van der Waals surface area contributed by atoms with E-state index in [9.17, 15) is 9.59 Å². The second-order valence-electron chi connectivity index (χ2n) is 4.55. The molecule has 0 unspecified atom stereocenters. The molecule has 0 spiro atoms. The first kappa shape index (κ1) is 14.0. The van der Waals surface area contributed by atoms with Gasteiger partial charge in [0.05, 0.1) is 5.41 Å². The van der Waals surface area contributed by atoms with Gasteiger partial charge in [-0.2, -0.15) is 0 Å². The molecule has 98 valence electrons. The van der Waals surface area contributed by atoms with E-state index in [0.29, 0.717) is 5.69 Å². The molecule has 0 fully saturated rings. The second-order valence-corrected chi connectivity index (χ2v) is 4.55. The first-order valence-electron chi connectivity index (χ1n) is 5.52. The molecule has 0 aromatic carbocycles. The number of rotatable bonds is 5. The average molecular weight is 251 g/mol. The molecule has 0 bridgehead atoms. The first-order valence-corrected chi connectivity index (χ1v) is 5.52. The lowest BCUT2D eigenvalue weighted by atomic mass is 9.94. The Balaban J connectivity index is 2.74. The van der Waals surface area contributed by atoms with Crippen LogP contribution in [0.2, 0.25) is 0 Å². The van der Waals surface area contributed by atoms with Crippen molar-refractivity contribution in [2.24, 2.45) is 5.41 Å². The van der Waals surface area contributed by atoms with Gasteiger partial charge in [-0.05, 0) is 26.0 Å². The molecule has 0 aliphatic carbocycles. The zero-order valence-electron chi connectivity index (χ0n) is 10.7. The topological polar surface area (TPSA) is 91.3 Å². The quantitative estimate of drug-likeness (QED) is 0.725. The van der Waals surface area contributed by atoms with Crippen molar-refractivity contribution < 1.29 is 14.7 Å². The van der Waals surface area contributed by atoms with Crippen molar-refractivity contribution in [3.63, 3.8) is 0 Å². The number of carbonyl (C=O) groups is 2. The summed E-state index contributed by atoms with van der Waals surface area (Å²) < 4.78 is 0. The second kappa shape index (κ2) is 5.48. The first-order chi connectivity index (χ1) is 8.36. The van der Waals surface area contributed by atoms with E-state index < -0.39 is 11.4 Å². The molecule has 0 saturated carbocycles. The summed E-state index contributed by atoms with van der Waals surface area (Å²) in [6.07, 6.45) is 1.50. The van der Waals surface area contributed by atoms with Crippen LogP contribution in [-0.4, -0.2) is 35.6 Å². The average Bonchev–Trinajstić information content (AvgIpc) is 2.35. The number of pyridine rings is 1. The van der Waals surface area contributed by atoms with E-state index in [1.807, 2.05) is 0 Å². The van der Waals surface area contributed by atoms with Gasteiger partial charge in [0.1, 0.15) is 5.69 Å². The van der Waals surface area contributed by atoms with E-state index in [1.165, 1.54) is 13.2 Å². The summed E-state index contributed by atoms with van der Waals surface area (Å²) in [5.74, 6) is -1.16. The maximum atomic E-state index is 11.4. The van der Waals surface area contributed by atoms with Gasteiger partial charge in [-0.15, -0.1) is 0 Å². The van der Waals surface area contributed by atoms with Crippen LogP contribution in [0, 0.1) is 5.41 Å². The Kier molecular flexibility index (Phi) is 4.25. The molecule has 1 heterocycles. The third kappa shape index (κ3) is 3.44. The number of carboxylic acid groups (broad SMARTS) is 1. The largest absolute Gasteiger partial charge is 0.481 e. The van der Waals surface area contributed by atoms with Gasteiger partial charge in [0.25, 0.3) is 5.91 Å². The summed E-state index contributed by atoms with van der Waals surface area (Å²) in [6, 6.07) is 3.27. The molecule has 1 aromatic heterocycles. The minimum atomic E-state index is -0.879. The molecular weight excluding hydrogens is 234 g/mol. The van der Waals surface area contributed by atoms with E-state index in [0.717, 1.165) is 0 Å². The SMILES string of the molecule is CNC(=O)c1cc(NCC(C)(C)C(=O)O)ccn1. The van der Waals surface area contributed by atoms with Crippen LogP contribution in [0.15, 0.2) is 18.3 Å². The number of anilines is 1. The summed E-state index contributed by atoms with van der Waals surface area (Å²) in [4.78, 5) is 26.2. The van der Waals surface area contributed by atoms with Crippen LogP contribution in [-0.2, 0) is 4.79 Å². The fourth-order valence-corrected chi connectivity index (χ4v) is 1.19. The van der Waals surface area contributed by atoms with Crippen molar-refractivity contribution in [2.75, 3.05) is 18.9 Å². The number of hydrogen-bond donors (Lipinski definition) is 3. The van der Waals surface area contributed by atoms with Gasteiger partial charge in [0.15, 0.2) is 0 Å². The number of aromatic nitrogens is 1. The van der Waals surface area contributed by atoms with Gasteiger partial charge in [0, 0.05) is 25.5 Å². The molecule has 6 nitrogen and oxygen atoms in total. The fraction of sp³-hybridized carbons (Fsp3) is 0.417. The van der Waals surface area contributed by atoms with Crippen molar-refractivity contribution in [2.45, 2.75) is 13.8 Å². The molecule has 0 aliphatic heterocycles. The number of carbonyl (C=O) groups excluding carboxylic acids is 1. The smallest absolute Gasteiger partial charge is 0.310 e. The van der Waals surface area contributed by atoms with E-state index in [1.54, 1.807) is 26.0 Å². The zero-order valence-corrected chi connectivity index (χ0v) is 10.7. The van der Waals surface area contributed by atoms with Gasteiger partial charge in [-0.25, -0.2) is 0 Å². The molecule has 3 N–H and O–H groups in total. The number of hydrogen-bond acceptors (Lipinski definition) is 4. The molecule has 1 amide bonds. The zero-order chi connectivity index (χ0) is 13.8. The number of nitrogens with zero attached hydrogens (tertiary/aromatic N) is 1. The van der Waals surface area contributed by atoms with Gasteiger partial charge < -0.3 is 15.7 Å². The Hall–Kier alpha value is -2.11. The highest BCUT2D eigenvalue weighted by Gasteiger charge is 2.26. The monoisotopic (exact) mass is 251 g/mol. The Morgan fingerprint density at radius 2 is 2.11 bits per heavy atom. The maximum absolute atomic E-state index is 11.4. The van der Waals surface area contributed by atoms with Gasteiger partial charge >= 0.3 is 5.97 Å². The van der Waals surface area contributed by atoms with Gasteiger partial charge in [-0.1, -0.05) is 0 Å². The van der Waals surface area contributed by atoms with Crippen molar-refractivity contribution in [3.8, 4) is 0 Å².